The highest BCUT2D eigenvalue weighted by Crippen LogP contribution is 2.37. The van der Waals surface area contributed by atoms with Crippen molar-refractivity contribution in [1.82, 2.24) is 0 Å². The molecule has 1 N–H and O–H groups in total. The van der Waals surface area contributed by atoms with E-state index in [1.807, 2.05) is 0 Å². The van der Waals surface area contributed by atoms with Crippen LogP contribution in [0.1, 0.15) is 55.9 Å². The molecule has 1 aliphatic carbocycles. The number of benzene rings is 1. The van der Waals surface area contributed by atoms with Gasteiger partial charge in [0, 0.05) is 12.0 Å². The first kappa shape index (κ1) is 15.6. The first-order valence-electron chi connectivity index (χ1n) is 7.68. The van der Waals surface area contributed by atoms with Gasteiger partial charge in [-0.15, -0.1) is 0 Å². The topological polar surface area (TPSA) is 20.2 Å². The minimum atomic E-state index is 0.0566. The lowest BCUT2D eigenvalue weighted by atomic mass is 9.80. The molecule has 0 aliphatic heterocycles. The zero-order valence-electron chi connectivity index (χ0n) is 13.7. The summed E-state index contributed by atoms with van der Waals surface area (Å²) in [7, 11) is 0. The van der Waals surface area contributed by atoms with Crippen LogP contribution in [0.3, 0.4) is 0 Å². The molecule has 1 heteroatoms. The van der Waals surface area contributed by atoms with Crippen LogP contribution in [-0.2, 0) is 11.8 Å². The van der Waals surface area contributed by atoms with Gasteiger partial charge in [-0.1, -0.05) is 57.7 Å². The molecule has 0 unspecified atom stereocenters. The Balaban J connectivity index is 2.52. The molecular formula is C20H26O. The maximum Gasteiger partial charge on any atom is 0.126 e. The zero-order chi connectivity index (χ0) is 15.6. The van der Waals surface area contributed by atoms with Crippen molar-refractivity contribution < 1.29 is 5.11 Å². The molecule has 0 amide bonds. The van der Waals surface area contributed by atoms with Crippen LogP contribution in [0, 0.1) is 6.92 Å². The molecule has 0 bridgehead atoms. The molecule has 0 spiro atoms. The number of phenols is 1. The third kappa shape index (κ3) is 3.29. The second-order valence-corrected chi connectivity index (χ2v) is 6.86. The molecule has 21 heavy (non-hydrogen) atoms. The second-order valence-electron chi connectivity index (χ2n) is 6.86. The van der Waals surface area contributed by atoms with Gasteiger partial charge in [0.25, 0.3) is 0 Å². The van der Waals surface area contributed by atoms with Gasteiger partial charge in [-0.2, -0.15) is 0 Å². The summed E-state index contributed by atoms with van der Waals surface area (Å²) in [5, 5.41) is 10.6. The fourth-order valence-corrected chi connectivity index (χ4v) is 3.03. The zero-order valence-corrected chi connectivity index (χ0v) is 13.7. The van der Waals surface area contributed by atoms with Crippen molar-refractivity contribution in [3.8, 4) is 5.75 Å². The minimum absolute atomic E-state index is 0.0566. The SMILES string of the molecule is C=Cc1c(C)c(C(C)(C)C)cc(CC2=CCCC=C2)c1O. The molecule has 0 heterocycles. The molecule has 0 fully saturated rings. The average Bonchev–Trinajstić information content (AvgIpc) is 2.42. The molecule has 1 nitrogen and oxygen atoms in total. The lowest BCUT2D eigenvalue weighted by Gasteiger charge is -2.25. The number of phenolic OH excluding ortho intramolecular Hbond substituents is 1. The summed E-state index contributed by atoms with van der Waals surface area (Å²) in [5.74, 6) is 0.385. The first-order chi connectivity index (χ1) is 9.84. The van der Waals surface area contributed by atoms with E-state index in [0.29, 0.717) is 5.75 Å². The molecule has 1 aromatic rings. The van der Waals surface area contributed by atoms with Gasteiger partial charge in [-0.3, -0.25) is 0 Å². The molecule has 0 atom stereocenters. The summed E-state index contributed by atoms with van der Waals surface area (Å²) in [6.45, 7) is 12.6. The molecule has 0 saturated heterocycles. The summed E-state index contributed by atoms with van der Waals surface area (Å²) in [6, 6.07) is 2.17. The smallest absolute Gasteiger partial charge is 0.126 e. The Kier molecular flexibility index (Phi) is 4.41. The lowest BCUT2D eigenvalue weighted by Crippen LogP contribution is -2.15. The fraction of sp³-hybridized carbons (Fsp3) is 0.400. The number of allylic oxidation sites excluding steroid dienone is 4. The Bertz CT molecular complexity index is 610. The van der Waals surface area contributed by atoms with E-state index in [1.54, 1.807) is 6.08 Å². The molecule has 1 aromatic carbocycles. The Labute approximate surface area is 128 Å². The molecule has 2 rings (SSSR count). The minimum Gasteiger partial charge on any atom is -0.507 e. The van der Waals surface area contributed by atoms with Crippen molar-refractivity contribution in [3.63, 3.8) is 0 Å². The molecule has 0 radical (unpaired) electrons. The second kappa shape index (κ2) is 5.93. The van der Waals surface area contributed by atoms with E-state index in [2.05, 4.69) is 58.6 Å². The predicted molar refractivity (Wildman–Crippen MR) is 91.8 cm³/mol. The number of hydrogen-bond donors (Lipinski definition) is 1. The number of rotatable bonds is 3. The predicted octanol–water partition coefficient (Wildman–Crippen LogP) is 5.46. The van der Waals surface area contributed by atoms with Crippen LogP contribution in [-0.4, -0.2) is 5.11 Å². The Morgan fingerprint density at radius 2 is 2.00 bits per heavy atom. The summed E-state index contributed by atoms with van der Waals surface area (Å²) in [5.41, 5.74) is 5.63. The fourth-order valence-electron chi connectivity index (χ4n) is 3.03. The van der Waals surface area contributed by atoms with Crippen molar-refractivity contribution in [2.24, 2.45) is 0 Å². The van der Waals surface area contributed by atoms with Gasteiger partial charge < -0.3 is 5.11 Å². The van der Waals surface area contributed by atoms with E-state index in [4.69, 9.17) is 0 Å². The highest BCUT2D eigenvalue weighted by molar-refractivity contribution is 5.65. The number of aromatic hydroxyl groups is 1. The van der Waals surface area contributed by atoms with Gasteiger partial charge in [0.1, 0.15) is 5.75 Å². The van der Waals surface area contributed by atoms with Gasteiger partial charge in [-0.05, 0) is 47.4 Å². The van der Waals surface area contributed by atoms with Crippen molar-refractivity contribution in [3.05, 3.63) is 58.7 Å². The van der Waals surface area contributed by atoms with Crippen molar-refractivity contribution in [2.75, 3.05) is 0 Å². The van der Waals surface area contributed by atoms with Gasteiger partial charge in [0.2, 0.25) is 0 Å². The van der Waals surface area contributed by atoms with Crippen molar-refractivity contribution >= 4 is 6.08 Å². The lowest BCUT2D eigenvalue weighted by molar-refractivity contribution is 0.465. The van der Waals surface area contributed by atoms with Crippen LogP contribution in [0.15, 0.2) is 36.4 Å². The summed E-state index contributed by atoms with van der Waals surface area (Å²) >= 11 is 0. The summed E-state index contributed by atoms with van der Waals surface area (Å²) in [6.07, 6.45) is 11.4. The van der Waals surface area contributed by atoms with Crippen LogP contribution in [0.2, 0.25) is 0 Å². The molecule has 0 saturated carbocycles. The highest BCUT2D eigenvalue weighted by Gasteiger charge is 2.21. The van der Waals surface area contributed by atoms with E-state index in [9.17, 15) is 5.11 Å². The first-order valence-corrected chi connectivity index (χ1v) is 7.68. The Morgan fingerprint density at radius 3 is 2.52 bits per heavy atom. The van der Waals surface area contributed by atoms with Crippen LogP contribution in [0.25, 0.3) is 6.08 Å². The van der Waals surface area contributed by atoms with E-state index < -0.39 is 0 Å². The maximum absolute atomic E-state index is 10.6. The van der Waals surface area contributed by atoms with Crippen molar-refractivity contribution in [1.29, 1.82) is 0 Å². The van der Waals surface area contributed by atoms with Gasteiger partial charge in [0.05, 0.1) is 0 Å². The quantitative estimate of drug-likeness (QED) is 0.780. The Morgan fingerprint density at radius 1 is 1.29 bits per heavy atom. The Hall–Kier alpha value is -1.76. The monoisotopic (exact) mass is 282 g/mol. The third-order valence-corrected chi connectivity index (χ3v) is 4.16. The standard InChI is InChI=1S/C20H26O/c1-6-17-14(2)18(20(3,4)5)13-16(19(17)21)12-15-10-8-7-9-11-15/h6,8,10-11,13,21H,1,7,9,12H2,2-5H3. The van der Waals surface area contributed by atoms with E-state index in [-0.39, 0.29) is 5.41 Å². The van der Waals surface area contributed by atoms with Gasteiger partial charge in [-0.25, -0.2) is 0 Å². The van der Waals surface area contributed by atoms with Crippen LogP contribution < -0.4 is 0 Å². The molecule has 1 aliphatic rings. The summed E-state index contributed by atoms with van der Waals surface area (Å²) in [4.78, 5) is 0. The molecular weight excluding hydrogens is 256 g/mol. The molecule has 0 aromatic heterocycles. The third-order valence-electron chi connectivity index (χ3n) is 4.16. The molecule has 112 valence electrons. The van der Waals surface area contributed by atoms with E-state index in [1.165, 1.54) is 11.1 Å². The number of hydrogen-bond acceptors (Lipinski definition) is 1. The maximum atomic E-state index is 10.6. The van der Waals surface area contributed by atoms with Crippen LogP contribution >= 0.6 is 0 Å². The summed E-state index contributed by atoms with van der Waals surface area (Å²) < 4.78 is 0. The van der Waals surface area contributed by atoms with E-state index in [0.717, 1.165) is 36.0 Å². The highest BCUT2D eigenvalue weighted by atomic mass is 16.3. The average molecular weight is 282 g/mol. The normalized spacial score (nSPS) is 15.0. The van der Waals surface area contributed by atoms with Gasteiger partial charge in [0.15, 0.2) is 0 Å². The van der Waals surface area contributed by atoms with Crippen LogP contribution in [0.5, 0.6) is 5.75 Å². The van der Waals surface area contributed by atoms with E-state index >= 15 is 0 Å². The largest absolute Gasteiger partial charge is 0.507 e. The van der Waals surface area contributed by atoms with Crippen molar-refractivity contribution in [2.45, 2.75) is 52.4 Å². The van der Waals surface area contributed by atoms with Crippen LogP contribution in [0.4, 0.5) is 0 Å². The van der Waals surface area contributed by atoms with Gasteiger partial charge >= 0.3 is 0 Å².